The SMILES string of the molecule is CC/C=C\C/C=C\C/C=C\C/C=C\C/C=C\CCCC(=O)OC(COC(=O)CCCCCCCCC/C=C\CCCCCCCC)COC(=O)CCCCCCCCCCCCCCCCCCC/C=C\CCCCCCCCCC. The minimum Gasteiger partial charge on any atom is -0.462 e. The van der Waals surface area contributed by atoms with Gasteiger partial charge in [0.2, 0.25) is 0 Å². The van der Waals surface area contributed by atoms with E-state index in [0.717, 1.165) is 77.0 Å². The number of esters is 3. The second-order valence-electron chi connectivity index (χ2n) is 23.4. The lowest BCUT2D eigenvalue weighted by Gasteiger charge is -2.18. The first-order valence-corrected chi connectivity index (χ1v) is 35.1. The zero-order valence-electron chi connectivity index (χ0n) is 53.8. The second kappa shape index (κ2) is 69.1. The number of ether oxygens (including phenoxy) is 3. The molecule has 1 atom stereocenters. The number of rotatable bonds is 64. The van der Waals surface area contributed by atoms with Crippen LogP contribution in [0.1, 0.15) is 355 Å². The summed E-state index contributed by atoms with van der Waals surface area (Å²) < 4.78 is 16.9. The van der Waals surface area contributed by atoms with E-state index in [1.807, 2.05) is 0 Å². The topological polar surface area (TPSA) is 78.9 Å². The third kappa shape index (κ3) is 67.3. The van der Waals surface area contributed by atoms with Crippen LogP contribution < -0.4 is 0 Å². The van der Waals surface area contributed by atoms with Crippen molar-refractivity contribution in [2.45, 2.75) is 361 Å². The lowest BCUT2D eigenvalue weighted by Crippen LogP contribution is -2.30. The van der Waals surface area contributed by atoms with Crippen LogP contribution in [0.15, 0.2) is 85.1 Å². The molecule has 0 fully saturated rings. The van der Waals surface area contributed by atoms with Crippen LogP contribution in [0.2, 0.25) is 0 Å². The van der Waals surface area contributed by atoms with Gasteiger partial charge >= 0.3 is 17.9 Å². The van der Waals surface area contributed by atoms with Gasteiger partial charge in [-0.2, -0.15) is 0 Å². The Balaban J connectivity index is 4.30. The molecule has 0 aromatic heterocycles. The maximum Gasteiger partial charge on any atom is 0.306 e. The Morgan fingerprint density at radius 3 is 0.802 bits per heavy atom. The number of carbonyl (C=O) groups excluding carboxylic acids is 3. The molecule has 0 heterocycles. The third-order valence-electron chi connectivity index (χ3n) is 15.4. The molecular weight excluding hydrogens is 997 g/mol. The zero-order valence-corrected chi connectivity index (χ0v) is 53.8. The summed E-state index contributed by atoms with van der Waals surface area (Å²) in [6.45, 7) is 6.52. The molecule has 0 aliphatic carbocycles. The Morgan fingerprint density at radius 1 is 0.259 bits per heavy atom. The number of hydrogen-bond acceptors (Lipinski definition) is 6. The lowest BCUT2D eigenvalue weighted by atomic mass is 10.0. The van der Waals surface area contributed by atoms with Crippen molar-refractivity contribution in [1.29, 1.82) is 0 Å². The maximum atomic E-state index is 12.9. The molecule has 81 heavy (non-hydrogen) atoms. The van der Waals surface area contributed by atoms with Gasteiger partial charge in [0.05, 0.1) is 0 Å². The molecule has 468 valence electrons. The molecule has 0 N–H and O–H groups in total. The summed E-state index contributed by atoms with van der Waals surface area (Å²) in [6, 6.07) is 0. The molecular formula is C75H132O6. The highest BCUT2D eigenvalue weighted by Crippen LogP contribution is 2.17. The summed E-state index contributed by atoms with van der Waals surface area (Å²) >= 11 is 0. The van der Waals surface area contributed by atoms with E-state index >= 15 is 0 Å². The molecule has 6 heteroatoms. The van der Waals surface area contributed by atoms with Crippen LogP contribution in [0.5, 0.6) is 0 Å². The van der Waals surface area contributed by atoms with E-state index in [9.17, 15) is 14.4 Å². The molecule has 0 aromatic carbocycles. The summed E-state index contributed by atoms with van der Waals surface area (Å²) in [5.41, 5.74) is 0. The Kier molecular flexibility index (Phi) is 66.2. The van der Waals surface area contributed by atoms with Crippen LogP contribution in [0, 0.1) is 0 Å². The molecule has 0 amide bonds. The highest BCUT2D eigenvalue weighted by atomic mass is 16.6. The van der Waals surface area contributed by atoms with E-state index in [1.165, 1.54) is 231 Å². The number of unbranched alkanes of at least 4 members (excludes halogenated alkanes) is 39. The van der Waals surface area contributed by atoms with Crippen LogP contribution in [0.3, 0.4) is 0 Å². The average Bonchev–Trinajstić information content (AvgIpc) is 3.47. The fraction of sp³-hybridized carbons (Fsp3) is 0.773. The number of allylic oxidation sites excluding steroid dienone is 14. The minimum atomic E-state index is -0.809. The van der Waals surface area contributed by atoms with Gasteiger partial charge < -0.3 is 14.2 Å². The molecule has 0 aliphatic rings. The van der Waals surface area contributed by atoms with Crippen LogP contribution in [0.4, 0.5) is 0 Å². The molecule has 0 spiro atoms. The van der Waals surface area contributed by atoms with Crippen molar-refractivity contribution in [2.75, 3.05) is 13.2 Å². The predicted molar refractivity (Wildman–Crippen MR) is 353 cm³/mol. The van der Waals surface area contributed by atoms with E-state index < -0.39 is 6.10 Å². The molecule has 0 saturated carbocycles. The number of carbonyl (C=O) groups is 3. The van der Waals surface area contributed by atoms with E-state index in [-0.39, 0.29) is 37.5 Å². The summed E-state index contributed by atoms with van der Waals surface area (Å²) in [5.74, 6) is -0.945. The van der Waals surface area contributed by atoms with E-state index in [2.05, 4.69) is 106 Å². The van der Waals surface area contributed by atoms with Crippen molar-refractivity contribution in [3.8, 4) is 0 Å². The molecule has 0 saturated heterocycles. The minimum absolute atomic E-state index is 0.0979. The average molecular weight is 1130 g/mol. The van der Waals surface area contributed by atoms with E-state index in [0.29, 0.717) is 19.3 Å². The van der Waals surface area contributed by atoms with Gasteiger partial charge in [0.1, 0.15) is 13.2 Å². The fourth-order valence-electron chi connectivity index (χ4n) is 10.1. The second-order valence-corrected chi connectivity index (χ2v) is 23.4. The molecule has 6 nitrogen and oxygen atoms in total. The standard InChI is InChI=1S/C75H132O6/c1-4-7-10-13-16-19-22-25-28-31-32-33-34-35-36-37-38-39-40-41-42-45-47-50-53-56-59-62-65-68-74(77)80-71-72(81-75(78)69-66-63-60-57-54-51-48-44-30-27-24-21-18-15-12-9-6-3)70-79-73(76)67-64-61-58-55-52-49-46-43-29-26-23-20-17-14-11-8-5-2/h9,12,18,21,26-27,29-32,48,51,57,60,72H,4-8,10-11,13-17,19-20,22-25,28,33-47,49-50,52-56,58-59,61-71H2,1-3H3/b12-9-,21-18-,29-26-,30-27-,32-31-,51-48-,60-57-. The van der Waals surface area contributed by atoms with Crippen molar-refractivity contribution >= 4 is 17.9 Å². The normalized spacial score (nSPS) is 12.6. The smallest absolute Gasteiger partial charge is 0.306 e. The maximum absolute atomic E-state index is 12.9. The Hall–Kier alpha value is -3.41. The van der Waals surface area contributed by atoms with Gasteiger partial charge in [0.25, 0.3) is 0 Å². The third-order valence-corrected chi connectivity index (χ3v) is 15.4. The largest absolute Gasteiger partial charge is 0.462 e. The van der Waals surface area contributed by atoms with Crippen molar-refractivity contribution in [2.24, 2.45) is 0 Å². The highest BCUT2D eigenvalue weighted by molar-refractivity contribution is 5.71. The van der Waals surface area contributed by atoms with Crippen molar-refractivity contribution in [3.63, 3.8) is 0 Å². The summed E-state index contributed by atoms with van der Waals surface area (Å²) in [7, 11) is 0. The van der Waals surface area contributed by atoms with Gasteiger partial charge in [-0.05, 0) is 109 Å². The van der Waals surface area contributed by atoms with Crippen LogP contribution in [-0.4, -0.2) is 37.2 Å². The van der Waals surface area contributed by atoms with E-state index in [1.54, 1.807) is 0 Å². The highest BCUT2D eigenvalue weighted by Gasteiger charge is 2.19. The van der Waals surface area contributed by atoms with Gasteiger partial charge in [-0.15, -0.1) is 0 Å². The molecule has 0 bridgehead atoms. The quantitative estimate of drug-likeness (QED) is 0.0261. The predicted octanol–water partition coefficient (Wildman–Crippen LogP) is 24.2. The van der Waals surface area contributed by atoms with Gasteiger partial charge in [-0.3, -0.25) is 14.4 Å². The molecule has 0 aliphatic heterocycles. The van der Waals surface area contributed by atoms with Crippen LogP contribution in [0.25, 0.3) is 0 Å². The van der Waals surface area contributed by atoms with E-state index in [4.69, 9.17) is 14.2 Å². The van der Waals surface area contributed by atoms with Gasteiger partial charge in [0.15, 0.2) is 6.10 Å². The fourth-order valence-corrected chi connectivity index (χ4v) is 10.1. The first-order chi connectivity index (χ1) is 40.0. The van der Waals surface area contributed by atoms with Crippen molar-refractivity contribution in [3.05, 3.63) is 85.1 Å². The van der Waals surface area contributed by atoms with Crippen LogP contribution >= 0.6 is 0 Å². The van der Waals surface area contributed by atoms with Crippen LogP contribution in [-0.2, 0) is 28.6 Å². The lowest BCUT2D eigenvalue weighted by molar-refractivity contribution is -0.167. The summed E-state index contributed by atoms with van der Waals surface area (Å²) in [4.78, 5) is 38.4. The van der Waals surface area contributed by atoms with Gasteiger partial charge in [0, 0.05) is 19.3 Å². The first kappa shape index (κ1) is 77.6. The summed E-state index contributed by atoms with van der Waals surface area (Å²) in [5, 5.41) is 0. The zero-order chi connectivity index (χ0) is 58.5. The number of hydrogen-bond donors (Lipinski definition) is 0. The van der Waals surface area contributed by atoms with Gasteiger partial charge in [-0.1, -0.05) is 311 Å². The Morgan fingerprint density at radius 2 is 0.494 bits per heavy atom. The Bertz CT molecular complexity index is 1530. The monoisotopic (exact) mass is 1130 g/mol. The van der Waals surface area contributed by atoms with Gasteiger partial charge in [-0.25, -0.2) is 0 Å². The Labute approximate surface area is 503 Å². The van der Waals surface area contributed by atoms with Crippen molar-refractivity contribution < 1.29 is 28.6 Å². The summed E-state index contributed by atoms with van der Waals surface area (Å²) in [6.07, 6.45) is 92.0. The molecule has 0 rings (SSSR count). The molecule has 0 aromatic rings. The molecule has 1 unspecified atom stereocenters. The first-order valence-electron chi connectivity index (χ1n) is 35.1. The van der Waals surface area contributed by atoms with Crippen molar-refractivity contribution in [1.82, 2.24) is 0 Å². The molecule has 0 radical (unpaired) electrons.